The van der Waals surface area contributed by atoms with Crippen LogP contribution in [-0.4, -0.2) is 29.8 Å². The number of fused-ring (bicyclic) bond motifs is 2. The second-order valence-corrected chi connectivity index (χ2v) is 7.04. The molecular weight excluding hydrogens is 318 g/mol. The van der Waals surface area contributed by atoms with Gasteiger partial charge in [0.05, 0.1) is 18.6 Å². The van der Waals surface area contributed by atoms with Gasteiger partial charge in [-0.25, -0.2) is 4.79 Å². The zero-order valence-electron chi connectivity index (χ0n) is 14.6. The lowest BCUT2D eigenvalue weighted by Gasteiger charge is -2.31. The summed E-state index contributed by atoms with van der Waals surface area (Å²) in [5, 5.41) is 0. The molecule has 0 spiro atoms. The van der Waals surface area contributed by atoms with E-state index < -0.39 is 11.9 Å². The van der Waals surface area contributed by atoms with E-state index in [0.29, 0.717) is 17.5 Å². The van der Waals surface area contributed by atoms with Crippen molar-refractivity contribution < 1.29 is 19.1 Å². The first-order chi connectivity index (χ1) is 12.2. The number of allylic oxidation sites excluding steroid dienone is 2. The molecule has 3 atom stereocenters. The zero-order chi connectivity index (χ0) is 17.8. The van der Waals surface area contributed by atoms with Crippen LogP contribution in [0.3, 0.4) is 0 Å². The van der Waals surface area contributed by atoms with Gasteiger partial charge in [0.2, 0.25) is 5.91 Å². The van der Waals surface area contributed by atoms with Gasteiger partial charge in [-0.1, -0.05) is 25.0 Å². The van der Waals surface area contributed by atoms with E-state index >= 15 is 0 Å². The van der Waals surface area contributed by atoms with Crippen LogP contribution in [0, 0.1) is 17.8 Å². The fourth-order valence-corrected chi connectivity index (χ4v) is 4.19. The largest absolute Gasteiger partial charge is 0.465 e. The van der Waals surface area contributed by atoms with Crippen molar-refractivity contribution in [2.45, 2.75) is 44.9 Å². The lowest BCUT2D eigenvalue weighted by molar-refractivity contribution is -0.109. The molecule has 25 heavy (non-hydrogen) atoms. The highest BCUT2D eigenvalue weighted by Crippen LogP contribution is 2.36. The minimum atomic E-state index is -0.662. The quantitative estimate of drug-likeness (QED) is 0.357. The van der Waals surface area contributed by atoms with Crippen LogP contribution in [0.2, 0.25) is 0 Å². The molecule has 1 saturated carbocycles. The third-order valence-corrected chi connectivity index (χ3v) is 5.58. The Morgan fingerprint density at radius 2 is 2.08 bits per heavy atom. The Hall–Kier alpha value is -2.17. The molecule has 0 bridgehead atoms. The van der Waals surface area contributed by atoms with E-state index in [1.807, 2.05) is 0 Å². The summed E-state index contributed by atoms with van der Waals surface area (Å²) >= 11 is 0. The number of aromatic nitrogens is 1. The summed E-state index contributed by atoms with van der Waals surface area (Å²) in [4.78, 5) is 33.4. The van der Waals surface area contributed by atoms with E-state index in [2.05, 4.69) is 16.9 Å². The molecule has 1 aliphatic heterocycles. The van der Waals surface area contributed by atoms with Crippen molar-refractivity contribution in [2.24, 2.45) is 17.8 Å². The first-order valence-corrected chi connectivity index (χ1v) is 9.10. The second kappa shape index (κ2) is 7.81. The van der Waals surface area contributed by atoms with E-state index in [0.717, 1.165) is 11.8 Å². The van der Waals surface area contributed by atoms with Crippen molar-refractivity contribution in [2.75, 3.05) is 7.11 Å². The average molecular weight is 343 g/mol. The Labute approximate surface area is 148 Å². The lowest BCUT2D eigenvalue weighted by Crippen LogP contribution is -2.19. The van der Waals surface area contributed by atoms with Crippen molar-refractivity contribution in [1.82, 2.24) is 4.57 Å². The maximum absolute atomic E-state index is 11.5. The standard InChI is InChI=1S/C10H9NO4.C10H16/c1-15-10(14)7-2-3-11-8(7)4-6(5-12)9(11)13;1-2-6-10-8-4-3-7-9(10)5-1/h2-3,5-6H,4H2,1H3;1,5,9-10H,2-4,6-8H2/t;9-,10?/m.0/s1. The summed E-state index contributed by atoms with van der Waals surface area (Å²) in [6.45, 7) is 0. The molecular formula is C20H25NO4. The topological polar surface area (TPSA) is 65.4 Å². The number of esters is 1. The number of methoxy groups -OCH3 is 1. The van der Waals surface area contributed by atoms with Crippen LogP contribution >= 0.6 is 0 Å². The number of carbonyl (C=O) groups excluding carboxylic acids is 3. The number of hydrogen-bond acceptors (Lipinski definition) is 4. The van der Waals surface area contributed by atoms with Gasteiger partial charge in [-0.3, -0.25) is 9.36 Å². The molecule has 0 radical (unpaired) electrons. The van der Waals surface area contributed by atoms with E-state index in [9.17, 15) is 14.4 Å². The lowest BCUT2D eigenvalue weighted by atomic mass is 9.74. The highest BCUT2D eigenvalue weighted by molar-refractivity contribution is 6.00. The van der Waals surface area contributed by atoms with Gasteiger partial charge in [-0.2, -0.15) is 0 Å². The molecule has 0 aromatic carbocycles. The molecule has 3 aliphatic rings. The van der Waals surface area contributed by atoms with Gasteiger partial charge in [0, 0.05) is 18.3 Å². The monoisotopic (exact) mass is 343 g/mol. The molecule has 2 unspecified atom stereocenters. The van der Waals surface area contributed by atoms with Crippen LogP contribution in [0.5, 0.6) is 0 Å². The highest BCUT2D eigenvalue weighted by Gasteiger charge is 2.33. The average Bonchev–Trinajstić information content (AvgIpc) is 3.22. The zero-order valence-corrected chi connectivity index (χ0v) is 14.6. The molecule has 134 valence electrons. The van der Waals surface area contributed by atoms with Crippen molar-refractivity contribution in [3.8, 4) is 0 Å². The Morgan fingerprint density at radius 1 is 1.28 bits per heavy atom. The fraction of sp³-hybridized carbons (Fsp3) is 0.550. The molecule has 1 aromatic rings. The minimum Gasteiger partial charge on any atom is -0.465 e. The number of hydrogen-bond donors (Lipinski definition) is 0. The number of aldehydes is 1. The summed E-state index contributed by atoms with van der Waals surface area (Å²) in [5.41, 5.74) is 0.916. The van der Waals surface area contributed by atoms with Crippen molar-refractivity contribution in [1.29, 1.82) is 0 Å². The van der Waals surface area contributed by atoms with Crippen LogP contribution < -0.4 is 0 Å². The smallest absolute Gasteiger partial charge is 0.339 e. The summed E-state index contributed by atoms with van der Waals surface area (Å²) < 4.78 is 5.91. The van der Waals surface area contributed by atoms with Gasteiger partial charge in [0.1, 0.15) is 6.29 Å². The maximum Gasteiger partial charge on any atom is 0.339 e. The summed E-state index contributed by atoms with van der Waals surface area (Å²) in [5.74, 6) is 0.615. The first kappa shape index (κ1) is 17.6. The van der Waals surface area contributed by atoms with Crippen molar-refractivity contribution in [3.63, 3.8) is 0 Å². The number of carbonyl (C=O) groups is 3. The van der Waals surface area contributed by atoms with E-state index in [1.165, 1.54) is 62.5 Å². The Bertz CT molecular complexity index is 688. The normalized spacial score (nSPS) is 26.9. The Morgan fingerprint density at radius 3 is 2.80 bits per heavy atom. The van der Waals surface area contributed by atoms with Crippen LogP contribution in [0.25, 0.3) is 0 Å². The number of rotatable bonds is 2. The molecule has 2 aliphatic carbocycles. The molecule has 0 saturated heterocycles. The van der Waals surface area contributed by atoms with E-state index in [-0.39, 0.29) is 12.3 Å². The van der Waals surface area contributed by atoms with Gasteiger partial charge >= 0.3 is 5.97 Å². The second-order valence-electron chi connectivity index (χ2n) is 7.04. The first-order valence-electron chi connectivity index (χ1n) is 9.10. The number of ether oxygens (including phenoxy) is 1. The van der Waals surface area contributed by atoms with E-state index in [4.69, 9.17) is 0 Å². The molecule has 1 fully saturated rings. The third-order valence-electron chi connectivity index (χ3n) is 5.58. The third kappa shape index (κ3) is 3.60. The molecule has 2 heterocycles. The van der Waals surface area contributed by atoms with Crippen LogP contribution in [0.4, 0.5) is 0 Å². The molecule has 0 amide bonds. The van der Waals surface area contributed by atoms with Gasteiger partial charge < -0.3 is 9.53 Å². The Kier molecular flexibility index (Phi) is 5.51. The predicted molar refractivity (Wildman–Crippen MR) is 93.5 cm³/mol. The summed E-state index contributed by atoms with van der Waals surface area (Å²) in [7, 11) is 1.28. The van der Waals surface area contributed by atoms with Crippen LogP contribution in [-0.2, 0) is 16.0 Å². The van der Waals surface area contributed by atoms with Crippen LogP contribution in [0.1, 0.15) is 59.4 Å². The highest BCUT2D eigenvalue weighted by atomic mass is 16.5. The van der Waals surface area contributed by atoms with Gasteiger partial charge in [0.25, 0.3) is 0 Å². The van der Waals surface area contributed by atoms with Crippen molar-refractivity contribution >= 4 is 18.2 Å². The molecule has 5 nitrogen and oxygen atoms in total. The minimum absolute atomic E-state index is 0.278. The van der Waals surface area contributed by atoms with Crippen molar-refractivity contribution in [3.05, 3.63) is 35.7 Å². The molecule has 5 heteroatoms. The van der Waals surface area contributed by atoms with E-state index in [1.54, 1.807) is 0 Å². The van der Waals surface area contributed by atoms with Gasteiger partial charge in [-0.15, -0.1) is 0 Å². The maximum atomic E-state index is 11.5. The molecule has 4 rings (SSSR count). The summed E-state index contributed by atoms with van der Waals surface area (Å²) in [6.07, 6.45) is 16.0. The van der Waals surface area contributed by atoms with Gasteiger partial charge in [0.15, 0.2) is 0 Å². The summed E-state index contributed by atoms with van der Waals surface area (Å²) in [6, 6.07) is 1.53. The molecule has 1 aromatic heterocycles. The SMILES string of the molecule is C1=C[C@H]2CCCCC2CC1.COC(=O)c1ccn2c1CC(C=O)C2=O. The molecule has 0 N–H and O–H groups in total. The Balaban J connectivity index is 0.000000157. The fourth-order valence-electron chi connectivity index (χ4n) is 4.19. The van der Waals surface area contributed by atoms with Crippen LogP contribution in [0.15, 0.2) is 24.4 Å². The van der Waals surface area contributed by atoms with Gasteiger partial charge in [-0.05, 0) is 43.6 Å². The number of nitrogens with zero attached hydrogens (tertiary/aromatic N) is 1. The predicted octanol–water partition coefficient (Wildman–Crippen LogP) is 3.43.